The molecular formula is C26H36N9OP. The van der Waals surface area contributed by atoms with Crippen LogP contribution in [0.2, 0.25) is 0 Å². The number of piperazine rings is 1. The molecule has 2 aromatic rings. The number of morpholine rings is 1. The number of hydrazone groups is 1. The van der Waals surface area contributed by atoms with Crippen LogP contribution >= 0.6 is 9.24 Å². The third-order valence-electron chi connectivity index (χ3n) is 6.81. The maximum Gasteiger partial charge on any atom is 0.245 e. The third-order valence-corrected chi connectivity index (χ3v) is 7.22. The van der Waals surface area contributed by atoms with E-state index in [4.69, 9.17) is 4.74 Å². The first-order valence-electron chi connectivity index (χ1n) is 12.7. The van der Waals surface area contributed by atoms with Crippen molar-refractivity contribution < 1.29 is 4.74 Å². The second-order valence-corrected chi connectivity index (χ2v) is 10.1. The van der Waals surface area contributed by atoms with Gasteiger partial charge in [0.25, 0.3) is 0 Å². The van der Waals surface area contributed by atoms with E-state index in [0.29, 0.717) is 19.2 Å². The van der Waals surface area contributed by atoms with Crippen LogP contribution < -0.4 is 25.8 Å². The van der Waals surface area contributed by atoms with Gasteiger partial charge in [-0.3, -0.25) is 0 Å². The van der Waals surface area contributed by atoms with Gasteiger partial charge in [0.1, 0.15) is 5.82 Å². The van der Waals surface area contributed by atoms with Gasteiger partial charge in [-0.05, 0) is 37.4 Å². The zero-order chi connectivity index (χ0) is 25.6. The lowest BCUT2D eigenvalue weighted by atomic mass is 10.2. The topological polar surface area (TPSA) is 84.4 Å². The van der Waals surface area contributed by atoms with Crippen molar-refractivity contribution in [3.05, 3.63) is 54.5 Å². The Hall–Kier alpha value is -3.20. The second kappa shape index (κ2) is 11.9. The van der Waals surface area contributed by atoms with Crippen molar-refractivity contribution in [2.45, 2.75) is 6.04 Å². The van der Waals surface area contributed by atoms with Gasteiger partial charge < -0.3 is 29.7 Å². The van der Waals surface area contributed by atoms with Gasteiger partial charge in [0.05, 0.1) is 31.2 Å². The molecule has 0 radical (unpaired) electrons. The summed E-state index contributed by atoms with van der Waals surface area (Å²) in [5.74, 6) is 1.37. The van der Waals surface area contributed by atoms with E-state index in [1.165, 1.54) is 5.69 Å². The van der Waals surface area contributed by atoms with Crippen LogP contribution in [0.5, 0.6) is 0 Å². The summed E-state index contributed by atoms with van der Waals surface area (Å²) in [7, 11) is 6.92. The number of ether oxygens (including phenoxy) is 1. The quantitative estimate of drug-likeness (QED) is 0.322. The molecule has 3 aliphatic heterocycles. The van der Waals surface area contributed by atoms with Crippen molar-refractivity contribution in [3.8, 4) is 0 Å². The van der Waals surface area contributed by atoms with Crippen molar-refractivity contribution >= 4 is 43.9 Å². The van der Waals surface area contributed by atoms with Crippen molar-refractivity contribution in [1.82, 2.24) is 19.8 Å². The predicted molar refractivity (Wildman–Crippen MR) is 155 cm³/mol. The Kier molecular flexibility index (Phi) is 8.18. The Morgan fingerprint density at radius 2 is 1.78 bits per heavy atom. The molecular weight excluding hydrogens is 485 g/mol. The van der Waals surface area contributed by atoms with Crippen molar-refractivity contribution in [3.63, 3.8) is 0 Å². The van der Waals surface area contributed by atoms with Gasteiger partial charge in [0.15, 0.2) is 0 Å². The van der Waals surface area contributed by atoms with E-state index in [2.05, 4.69) is 104 Å². The van der Waals surface area contributed by atoms with Gasteiger partial charge in [-0.15, -0.1) is 0 Å². The van der Waals surface area contributed by atoms with E-state index in [-0.39, 0.29) is 6.04 Å². The molecule has 1 aromatic carbocycles. The Labute approximate surface area is 221 Å². The summed E-state index contributed by atoms with van der Waals surface area (Å²) in [6.45, 7) is 7.42. The number of nitrogens with one attached hydrogen (secondary N) is 2. The molecule has 11 heteroatoms. The van der Waals surface area contributed by atoms with Gasteiger partial charge >= 0.3 is 0 Å². The maximum absolute atomic E-state index is 5.45. The van der Waals surface area contributed by atoms with E-state index in [1.807, 2.05) is 13.3 Å². The molecule has 2 fully saturated rings. The molecule has 0 amide bonds. The Morgan fingerprint density at radius 1 is 1.03 bits per heavy atom. The summed E-state index contributed by atoms with van der Waals surface area (Å²) in [4.78, 5) is 18.1. The maximum atomic E-state index is 5.45. The Bertz CT molecular complexity index is 1140. The molecule has 2 atom stereocenters. The number of anilines is 4. The molecule has 2 unspecified atom stereocenters. The fourth-order valence-corrected chi connectivity index (χ4v) is 4.86. The van der Waals surface area contributed by atoms with Crippen LogP contribution in [0.3, 0.4) is 0 Å². The van der Waals surface area contributed by atoms with Crippen LogP contribution in [0.15, 0.2) is 59.6 Å². The van der Waals surface area contributed by atoms with Crippen LogP contribution in [-0.2, 0) is 4.74 Å². The number of rotatable bonds is 7. The monoisotopic (exact) mass is 521 g/mol. The van der Waals surface area contributed by atoms with Crippen LogP contribution in [-0.4, -0.2) is 98.6 Å². The average Bonchev–Trinajstić information content (AvgIpc) is 2.92. The lowest BCUT2D eigenvalue weighted by molar-refractivity contribution is 0.122. The fraction of sp³-hybridized carbons (Fsp3) is 0.423. The summed E-state index contributed by atoms with van der Waals surface area (Å²) >= 11 is 0. The number of allylic oxidation sites excluding steroid dienone is 1. The highest BCUT2D eigenvalue weighted by atomic mass is 31.0. The minimum absolute atomic E-state index is 0.0253. The van der Waals surface area contributed by atoms with Gasteiger partial charge in [-0.2, -0.15) is 10.1 Å². The van der Waals surface area contributed by atoms with E-state index < -0.39 is 0 Å². The first-order valence-corrected chi connectivity index (χ1v) is 13.3. The molecule has 196 valence electrons. The van der Waals surface area contributed by atoms with Gasteiger partial charge in [0.2, 0.25) is 5.95 Å². The lowest BCUT2D eigenvalue weighted by Crippen LogP contribution is -2.44. The number of hydrogen-bond donors (Lipinski definition) is 2. The van der Waals surface area contributed by atoms with Crippen molar-refractivity contribution in [2.24, 2.45) is 5.10 Å². The van der Waals surface area contributed by atoms with Gasteiger partial charge in [0, 0.05) is 75.4 Å². The van der Waals surface area contributed by atoms with Gasteiger partial charge in [-0.25, -0.2) is 10.4 Å². The molecule has 10 nitrogen and oxygen atoms in total. The first-order chi connectivity index (χ1) is 18.0. The Morgan fingerprint density at radius 3 is 2.51 bits per heavy atom. The molecule has 1 aromatic heterocycles. The predicted octanol–water partition coefficient (Wildman–Crippen LogP) is 1.79. The lowest BCUT2D eigenvalue weighted by Gasteiger charge is -2.34. The highest BCUT2D eigenvalue weighted by Crippen LogP contribution is 2.22. The normalized spacial score (nSPS) is 20.9. The first kappa shape index (κ1) is 25.4. The molecule has 5 rings (SSSR count). The average molecular weight is 522 g/mol. The molecule has 4 heterocycles. The molecule has 2 N–H and O–H groups in total. The van der Waals surface area contributed by atoms with Crippen LogP contribution in [0.4, 0.5) is 23.1 Å². The molecule has 0 saturated carbocycles. The van der Waals surface area contributed by atoms with Crippen LogP contribution in [0.25, 0.3) is 0 Å². The minimum atomic E-state index is 0.0253. The highest BCUT2D eigenvalue weighted by molar-refractivity contribution is 7.28. The highest BCUT2D eigenvalue weighted by Gasteiger charge is 2.17. The summed E-state index contributed by atoms with van der Waals surface area (Å²) in [6, 6.07) is 8.71. The zero-order valence-electron chi connectivity index (χ0n) is 21.5. The van der Waals surface area contributed by atoms with Gasteiger partial charge in [-0.1, -0.05) is 15.3 Å². The molecule has 0 aliphatic carbocycles. The number of hydrogen-bond acceptors (Lipinski definition) is 10. The number of nitrogens with zero attached hydrogens (tertiary/aromatic N) is 7. The van der Waals surface area contributed by atoms with E-state index in [9.17, 15) is 0 Å². The van der Waals surface area contributed by atoms with E-state index >= 15 is 0 Å². The molecule has 37 heavy (non-hydrogen) atoms. The largest absolute Gasteiger partial charge is 0.378 e. The summed E-state index contributed by atoms with van der Waals surface area (Å²) in [5.41, 5.74) is 6.36. The fourth-order valence-electron chi connectivity index (χ4n) is 4.54. The summed E-state index contributed by atoms with van der Waals surface area (Å²) in [5, 5.41) is 8.87. The standard InChI is InChI=1S/C26H36N9OP/c1-32-9-11-34(12-10-32)22-6-3-20(4-7-22)29-21-5-8-23(33(2)19-21)17-28-31-26-27-18-24(37)25(30-26)35-13-15-36-16-14-35/h3-8,17-19,23,29H,9-16,37H2,1-2H3,(H,27,30,31)/b28-17+. The smallest absolute Gasteiger partial charge is 0.245 e. The number of likely N-dealkylation sites (N-methyl/N-ethyl adjacent to an activating group) is 2. The van der Waals surface area contributed by atoms with E-state index in [0.717, 1.165) is 61.8 Å². The summed E-state index contributed by atoms with van der Waals surface area (Å²) < 4.78 is 5.45. The summed E-state index contributed by atoms with van der Waals surface area (Å²) in [6.07, 6.45) is 9.92. The Balaban J connectivity index is 1.14. The number of benzene rings is 1. The zero-order valence-corrected chi connectivity index (χ0v) is 22.7. The second-order valence-electron chi connectivity index (χ2n) is 9.52. The SMILES string of the molecule is CN1CCN(c2ccc(NC3=CN(C)C(/C=N/Nc4ncc(P)c(N5CCOCC5)n4)C=C3)cc2)CC1. The van der Waals surface area contributed by atoms with Crippen molar-refractivity contribution in [2.75, 3.05) is 87.1 Å². The number of aromatic nitrogens is 2. The molecule has 0 spiro atoms. The molecule has 3 aliphatic rings. The van der Waals surface area contributed by atoms with Crippen LogP contribution in [0.1, 0.15) is 0 Å². The van der Waals surface area contributed by atoms with E-state index in [1.54, 1.807) is 6.20 Å². The third kappa shape index (κ3) is 6.57. The molecule has 2 saturated heterocycles. The minimum Gasteiger partial charge on any atom is -0.378 e. The molecule has 0 bridgehead atoms. The van der Waals surface area contributed by atoms with Crippen LogP contribution in [0, 0.1) is 0 Å². The van der Waals surface area contributed by atoms with Crippen molar-refractivity contribution in [1.29, 1.82) is 0 Å².